The van der Waals surface area contributed by atoms with Gasteiger partial charge < -0.3 is 15.4 Å². The first-order chi connectivity index (χ1) is 9.67. The van der Waals surface area contributed by atoms with E-state index < -0.39 is 0 Å². The van der Waals surface area contributed by atoms with Crippen molar-refractivity contribution in [2.45, 2.75) is 32.2 Å². The summed E-state index contributed by atoms with van der Waals surface area (Å²) < 4.78 is 5.14. The van der Waals surface area contributed by atoms with Crippen molar-refractivity contribution in [2.24, 2.45) is 17.6 Å². The van der Waals surface area contributed by atoms with Crippen LogP contribution in [0.1, 0.15) is 26.2 Å². The molecule has 0 aromatic rings. The van der Waals surface area contributed by atoms with Crippen LogP contribution in [0.15, 0.2) is 0 Å². The molecule has 1 saturated heterocycles. The van der Waals surface area contributed by atoms with Crippen molar-refractivity contribution in [3.63, 3.8) is 0 Å². The summed E-state index contributed by atoms with van der Waals surface area (Å²) in [5, 5.41) is 0. The summed E-state index contributed by atoms with van der Waals surface area (Å²) in [5.74, 6) is 0.929. The van der Waals surface area contributed by atoms with Gasteiger partial charge in [0, 0.05) is 45.2 Å². The third-order valence-electron chi connectivity index (χ3n) is 4.94. The van der Waals surface area contributed by atoms with Crippen LogP contribution in [0.25, 0.3) is 0 Å². The second kappa shape index (κ2) is 10.7. The number of halogens is 2. The van der Waals surface area contributed by atoms with E-state index in [1.54, 1.807) is 7.11 Å². The first kappa shape index (κ1) is 21.9. The van der Waals surface area contributed by atoms with Gasteiger partial charge in [-0.1, -0.05) is 6.42 Å². The zero-order valence-corrected chi connectivity index (χ0v) is 15.3. The van der Waals surface area contributed by atoms with Crippen LogP contribution in [0.3, 0.4) is 0 Å². The van der Waals surface area contributed by atoms with Gasteiger partial charge in [0.05, 0.1) is 6.61 Å². The Hall–Kier alpha value is -0.0700. The summed E-state index contributed by atoms with van der Waals surface area (Å²) >= 11 is 0. The Kier molecular flexibility index (Phi) is 10.6. The molecule has 5 nitrogen and oxygen atoms in total. The van der Waals surface area contributed by atoms with Crippen molar-refractivity contribution in [1.82, 2.24) is 9.80 Å². The van der Waals surface area contributed by atoms with Crippen LogP contribution in [0.4, 0.5) is 0 Å². The fourth-order valence-electron chi connectivity index (χ4n) is 3.61. The van der Waals surface area contributed by atoms with Crippen molar-refractivity contribution in [3.8, 4) is 0 Å². The Labute approximate surface area is 146 Å². The number of nitrogens with two attached hydrogens (primary N) is 1. The monoisotopic (exact) mass is 355 g/mol. The molecule has 2 fully saturated rings. The van der Waals surface area contributed by atoms with Crippen LogP contribution in [0, 0.1) is 11.8 Å². The summed E-state index contributed by atoms with van der Waals surface area (Å²) in [5.41, 5.74) is 5.80. The van der Waals surface area contributed by atoms with Crippen LogP contribution in [-0.4, -0.2) is 68.2 Å². The molecule has 0 radical (unpaired) electrons. The van der Waals surface area contributed by atoms with Crippen molar-refractivity contribution in [1.29, 1.82) is 0 Å². The quantitative estimate of drug-likeness (QED) is 0.809. The maximum atomic E-state index is 12.7. The Morgan fingerprint density at radius 2 is 2.00 bits per heavy atom. The summed E-state index contributed by atoms with van der Waals surface area (Å²) in [6, 6.07) is 0.417. The van der Waals surface area contributed by atoms with E-state index >= 15 is 0 Å². The van der Waals surface area contributed by atoms with E-state index in [9.17, 15) is 4.79 Å². The highest BCUT2D eigenvalue weighted by Gasteiger charge is 2.36. The van der Waals surface area contributed by atoms with Gasteiger partial charge in [-0.15, -0.1) is 24.8 Å². The third-order valence-corrected chi connectivity index (χ3v) is 4.94. The minimum absolute atomic E-state index is 0. The second-order valence-electron chi connectivity index (χ2n) is 6.20. The number of carbonyl (C=O) groups excluding carboxylic acids is 1. The van der Waals surface area contributed by atoms with Gasteiger partial charge in [-0.05, 0) is 32.2 Å². The van der Waals surface area contributed by atoms with Gasteiger partial charge in [-0.25, -0.2) is 0 Å². The molecular weight excluding hydrogens is 325 g/mol. The number of ether oxygens (including phenoxy) is 1. The molecule has 1 saturated carbocycles. The predicted molar refractivity (Wildman–Crippen MR) is 93.9 cm³/mol. The molecular formula is C15H31Cl2N3O2. The van der Waals surface area contributed by atoms with Gasteiger partial charge >= 0.3 is 0 Å². The van der Waals surface area contributed by atoms with Crippen LogP contribution in [-0.2, 0) is 9.53 Å². The largest absolute Gasteiger partial charge is 0.383 e. The van der Waals surface area contributed by atoms with E-state index in [2.05, 4.69) is 16.7 Å². The van der Waals surface area contributed by atoms with E-state index in [1.165, 1.54) is 0 Å². The fraction of sp³-hybridized carbons (Fsp3) is 0.933. The molecule has 22 heavy (non-hydrogen) atoms. The maximum Gasteiger partial charge on any atom is 0.226 e. The van der Waals surface area contributed by atoms with Gasteiger partial charge in [0.25, 0.3) is 0 Å². The zero-order chi connectivity index (χ0) is 14.5. The molecule has 1 aliphatic carbocycles. The van der Waals surface area contributed by atoms with Crippen molar-refractivity contribution >= 4 is 30.7 Å². The Bertz CT molecular complexity index is 334. The number of piperazine rings is 1. The van der Waals surface area contributed by atoms with Gasteiger partial charge in [0.15, 0.2) is 0 Å². The fourth-order valence-corrected chi connectivity index (χ4v) is 3.61. The Morgan fingerprint density at radius 3 is 2.59 bits per heavy atom. The molecule has 2 aliphatic rings. The Morgan fingerprint density at radius 1 is 1.27 bits per heavy atom. The average molecular weight is 356 g/mol. The highest BCUT2D eigenvalue weighted by Crippen LogP contribution is 2.32. The lowest BCUT2D eigenvalue weighted by atomic mass is 9.94. The summed E-state index contributed by atoms with van der Waals surface area (Å²) in [4.78, 5) is 17.1. The lowest BCUT2D eigenvalue weighted by molar-refractivity contribution is -0.139. The van der Waals surface area contributed by atoms with Gasteiger partial charge in [0.1, 0.15) is 0 Å². The summed E-state index contributed by atoms with van der Waals surface area (Å²) in [6.07, 6.45) is 3.30. The van der Waals surface area contributed by atoms with E-state index in [-0.39, 0.29) is 30.7 Å². The number of hydrogen-bond acceptors (Lipinski definition) is 4. The number of carbonyl (C=O) groups is 1. The number of nitrogens with zero attached hydrogens (tertiary/aromatic N) is 2. The lowest BCUT2D eigenvalue weighted by Crippen LogP contribution is -2.55. The summed E-state index contributed by atoms with van der Waals surface area (Å²) in [6.45, 7) is 7.21. The third kappa shape index (κ3) is 5.24. The van der Waals surface area contributed by atoms with Crippen LogP contribution in [0.5, 0.6) is 0 Å². The van der Waals surface area contributed by atoms with Crippen LogP contribution in [0.2, 0.25) is 0 Å². The minimum atomic E-state index is 0. The second-order valence-corrected chi connectivity index (χ2v) is 6.20. The van der Waals surface area contributed by atoms with Gasteiger partial charge in [-0.3, -0.25) is 9.69 Å². The first-order valence-corrected chi connectivity index (χ1v) is 7.89. The van der Waals surface area contributed by atoms with E-state index in [4.69, 9.17) is 10.5 Å². The molecule has 0 bridgehead atoms. The lowest BCUT2D eigenvalue weighted by Gasteiger charge is -2.41. The topological polar surface area (TPSA) is 58.8 Å². The average Bonchev–Trinajstić information content (AvgIpc) is 2.93. The molecule has 0 spiro atoms. The number of amides is 1. The number of rotatable bonds is 5. The molecule has 1 heterocycles. The summed E-state index contributed by atoms with van der Waals surface area (Å²) in [7, 11) is 1.73. The molecule has 1 amide bonds. The molecule has 7 heteroatoms. The van der Waals surface area contributed by atoms with Crippen molar-refractivity contribution < 1.29 is 9.53 Å². The van der Waals surface area contributed by atoms with E-state index in [0.717, 1.165) is 52.0 Å². The first-order valence-electron chi connectivity index (χ1n) is 7.89. The van der Waals surface area contributed by atoms with Crippen LogP contribution < -0.4 is 5.73 Å². The minimum Gasteiger partial charge on any atom is -0.383 e. The van der Waals surface area contributed by atoms with Crippen molar-refractivity contribution in [2.75, 3.05) is 46.4 Å². The van der Waals surface area contributed by atoms with Crippen LogP contribution >= 0.6 is 24.8 Å². The highest BCUT2D eigenvalue weighted by molar-refractivity contribution is 5.85. The maximum absolute atomic E-state index is 12.7. The zero-order valence-electron chi connectivity index (χ0n) is 13.7. The normalized spacial score (nSPS) is 28.9. The molecule has 1 aliphatic heterocycles. The van der Waals surface area contributed by atoms with E-state index in [1.807, 2.05) is 0 Å². The SMILES string of the molecule is COCCN1CCN(C(=O)[C@@H]2CCC[C@@H]2CN)CC1C.Cl.Cl. The molecule has 0 aromatic heterocycles. The Balaban J connectivity index is 0.00000220. The van der Waals surface area contributed by atoms with E-state index in [0.29, 0.717) is 24.4 Å². The molecule has 2 N–H and O–H groups in total. The highest BCUT2D eigenvalue weighted by atomic mass is 35.5. The molecule has 2 rings (SSSR count). The van der Waals surface area contributed by atoms with Gasteiger partial charge in [-0.2, -0.15) is 0 Å². The number of hydrogen-bond donors (Lipinski definition) is 1. The number of methoxy groups -OCH3 is 1. The molecule has 0 aromatic carbocycles. The molecule has 3 atom stereocenters. The van der Waals surface area contributed by atoms with Gasteiger partial charge in [0.2, 0.25) is 5.91 Å². The molecule has 1 unspecified atom stereocenters. The smallest absolute Gasteiger partial charge is 0.226 e. The predicted octanol–water partition coefficient (Wildman–Crippen LogP) is 1.38. The van der Waals surface area contributed by atoms with Crippen molar-refractivity contribution in [3.05, 3.63) is 0 Å². The molecule has 132 valence electrons. The standard InChI is InChI=1S/C15H29N3O2.2ClH/c1-12-11-18(7-6-17(12)8-9-20-2)15(19)14-5-3-4-13(14)10-16;;/h12-14H,3-11,16H2,1-2H3;2*1H/t12?,13-,14-;;/m1../s1.